The Morgan fingerprint density at radius 1 is 1.17 bits per heavy atom. The molecule has 24 heavy (non-hydrogen) atoms. The van der Waals surface area contributed by atoms with Crippen LogP contribution in [-0.4, -0.2) is 49.8 Å². The zero-order valence-corrected chi connectivity index (χ0v) is 15.6. The molecule has 0 aromatic carbocycles. The Labute approximate surface area is 145 Å². The molecule has 5 nitrogen and oxygen atoms in total. The van der Waals surface area contributed by atoms with Gasteiger partial charge in [0.1, 0.15) is 12.3 Å². The molecule has 0 aromatic rings. The van der Waals surface area contributed by atoms with Crippen molar-refractivity contribution in [1.29, 1.82) is 0 Å². The maximum Gasteiger partial charge on any atom is 0.408 e. The van der Waals surface area contributed by atoms with Crippen molar-refractivity contribution in [2.45, 2.75) is 90.1 Å². The van der Waals surface area contributed by atoms with E-state index in [4.69, 9.17) is 14.2 Å². The van der Waals surface area contributed by atoms with Gasteiger partial charge in [0.05, 0.1) is 24.9 Å². The molecule has 0 bridgehead atoms. The van der Waals surface area contributed by atoms with E-state index >= 15 is 0 Å². The molecule has 1 fully saturated rings. The number of halogens is 1. The second-order valence-corrected chi connectivity index (χ2v) is 7.45. The molecule has 142 valence electrons. The minimum absolute atomic E-state index is 0.116. The molecule has 1 N–H and O–H groups in total. The van der Waals surface area contributed by atoms with E-state index in [9.17, 15) is 9.18 Å². The van der Waals surface area contributed by atoms with Crippen LogP contribution in [0.25, 0.3) is 0 Å². The molecule has 0 spiro atoms. The van der Waals surface area contributed by atoms with Crippen molar-refractivity contribution in [3.05, 3.63) is 0 Å². The molecular formula is C18H34FNO4. The van der Waals surface area contributed by atoms with Gasteiger partial charge >= 0.3 is 6.09 Å². The number of carbonyl (C=O) groups is 1. The summed E-state index contributed by atoms with van der Waals surface area (Å²) in [6.45, 7) is 7.80. The Balaban J connectivity index is 2.21. The van der Waals surface area contributed by atoms with Gasteiger partial charge in [-0.25, -0.2) is 9.18 Å². The van der Waals surface area contributed by atoms with E-state index in [1.165, 1.54) is 0 Å². The molecule has 0 radical (unpaired) electrons. The average molecular weight is 347 g/mol. The van der Waals surface area contributed by atoms with E-state index < -0.39 is 24.4 Å². The van der Waals surface area contributed by atoms with Gasteiger partial charge < -0.3 is 19.5 Å². The van der Waals surface area contributed by atoms with Crippen molar-refractivity contribution in [3.8, 4) is 0 Å². The third-order valence-corrected chi connectivity index (χ3v) is 3.91. The Hall–Kier alpha value is -0.880. The lowest BCUT2D eigenvalue weighted by atomic mass is 9.95. The van der Waals surface area contributed by atoms with Gasteiger partial charge in [0.2, 0.25) is 0 Å². The van der Waals surface area contributed by atoms with Crippen LogP contribution in [0.15, 0.2) is 0 Å². The maximum atomic E-state index is 13.1. The minimum atomic E-state index is -0.672. The molecule has 0 unspecified atom stereocenters. The first kappa shape index (κ1) is 21.2. The zero-order valence-electron chi connectivity index (χ0n) is 15.6. The van der Waals surface area contributed by atoms with E-state index in [0.29, 0.717) is 6.10 Å². The molecule has 0 heterocycles. The smallest absolute Gasteiger partial charge is 0.408 e. The van der Waals surface area contributed by atoms with Crippen LogP contribution in [0.4, 0.5) is 9.18 Å². The highest BCUT2D eigenvalue weighted by Crippen LogP contribution is 2.23. The standard InChI is InChI=1S/C18H34FNO4/c1-5-6-11-22-15-7-9-16(10-8-15)23-13-14(12-19)20-17(21)24-18(2,3)4/h14-16H,5-13H2,1-4H3,(H,20,21)/t14-,15?,16?/m0/s1. The summed E-state index contributed by atoms with van der Waals surface area (Å²) in [6.07, 6.45) is 5.88. The largest absolute Gasteiger partial charge is 0.444 e. The van der Waals surface area contributed by atoms with Gasteiger partial charge in [-0.15, -0.1) is 0 Å². The maximum absolute atomic E-state index is 13.1. The van der Waals surface area contributed by atoms with Gasteiger partial charge in [-0.1, -0.05) is 13.3 Å². The van der Waals surface area contributed by atoms with Crippen LogP contribution in [0.3, 0.4) is 0 Å². The number of amides is 1. The lowest BCUT2D eigenvalue weighted by molar-refractivity contribution is -0.0383. The second-order valence-electron chi connectivity index (χ2n) is 7.45. The molecular weight excluding hydrogens is 313 g/mol. The summed E-state index contributed by atoms with van der Waals surface area (Å²) in [5, 5.41) is 2.52. The first-order chi connectivity index (χ1) is 11.3. The van der Waals surface area contributed by atoms with Crippen molar-refractivity contribution in [2.24, 2.45) is 0 Å². The van der Waals surface area contributed by atoms with Gasteiger partial charge in [-0.3, -0.25) is 0 Å². The van der Waals surface area contributed by atoms with Gasteiger partial charge in [-0.2, -0.15) is 0 Å². The molecule has 1 atom stereocenters. The third kappa shape index (κ3) is 9.42. The summed E-state index contributed by atoms with van der Waals surface area (Å²) in [6, 6.07) is -0.668. The van der Waals surface area contributed by atoms with Crippen molar-refractivity contribution < 1.29 is 23.4 Å². The summed E-state index contributed by atoms with van der Waals surface area (Å²) in [7, 11) is 0. The number of unbranched alkanes of at least 4 members (excludes halogenated alkanes) is 1. The number of alkyl carbamates (subject to hydrolysis) is 1. The molecule has 1 aliphatic rings. The molecule has 1 saturated carbocycles. The number of nitrogens with one attached hydrogen (secondary N) is 1. The molecule has 1 rings (SSSR count). The van der Waals surface area contributed by atoms with E-state index in [1.807, 2.05) is 0 Å². The van der Waals surface area contributed by atoms with Gasteiger partial charge in [-0.05, 0) is 52.9 Å². The quantitative estimate of drug-likeness (QED) is 0.641. The van der Waals surface area contributed by atoms with Gasteiger partial charge in [0.25, 0.3) is 0 Å². The Morgan fingerprint density at radius 2 is 1.75 bits per heavy atom. The summed E-state index contributed by atoms with van der Waals surface area (Å²) < 4.78 is 29.8. The third-order valence-electron chi connectivity index (χ3n) is 3.91. The fourth-order valence-electron chi connectivity index (χ4n) is 2.61. The summed E-state index contributed by atoms with van der Waals surface area (Å²) in [5.41, 5.74) is -0.595. The van der Waals surface area contributed by atoms with Crippen LogP contribution in [0.1, 0.15) is 66.2 Å². The summed E-state index contributed by atoms with van der Waals surface area (Å²) in [4.78, 5) is 11.7. The number of hydrogen-bond donors (Lipinski definition) is 1. The summed E-state index contributed by atoms with van der Waals surface area (Å²) in [5.74, 6) is 0. The van der Waals surface area contributed by atoms with E-state index in [2.05, 4.69) is 12.2 Å². The zero-order chi connectivity index (χ0) is 18.0. The number of ether oxygens (including phenoxy) is 3. The van der Waals surface area contributed by atoms with E-state index in [-0.39, 0.29) is 12.7 Å². The monoisotopic (exact) mass is 347 g/mol. The molecule has 0 saturated heterocycles. The van der Waals surface area contributed by atoms with Gasteiger partial charge in [0.15, 0.2) is 0 Å². The Morgan fingerprint density at radius 3 is 2.25 bits per heavy atom. The predicted molar refractivity (Wildman–Crippen MR) is 92.0 cm³/mol. The average Bonchev–Trinajstić information content (AvgIpc) is 2.51. The van der Waals surface area contributed by atoms with Crippen molar-refractivity contribution in [3.63, 3.8) is 0 Å². The summed E-state index contributed by atoms with van der Waals surface area (Å²) >= 11 is 0. The fourth-order valence-corrected chi connectivity index (χ4v) is 2.61. The SMILES string of the molecule is CCCCOC1CCC(OC[C@H](CF)NC(=O)OC(C)(C)C)CC1. The number of hydrogen-bond acceptors (Lipinski definition) is 4. The highest BCUT2D eigenvalue weighted by Gasteiger charge is 2.24. The van der Waals surface area contributed by atoms with Crippen LogP contribution in [0, 0.1) is 0 Å². The molecule has 1 amide bonds. The predicted octanol–water partition coefficient (Wildman–Crippen LogP) is 3.99. The van der Waals surface area contributed by atoms with Crippen LogP contribution in [0.5, 0.6) is 0 Å². The first-order valence-corrected chi connectivity index (χ1v) is 9.12. The normalized spacial score (nSPS) is 22.9. The van der Waals surface area contributed by atoms with Crippen LogP contribution in [-0.2, 0) is 14.2 Å². The molecule has 1 aliphatic carbocycles. The Kier molecular flexibility index (Phi) is 9.59. The van der Waals surface area contributed by atoms with Crippen molar-refractivity contribution in [2.75, 3.05) is 19.9 Å². The highest BCUT2D eigenvalue weighted by atomic mass is 19.1. The molecule has 0 aliphatic heterocycles. The van der Waals surface area contributed by atoms with E-state index in [1.54, 1.807) is 20.8 Å². The lowest BCUT2D eigenvalue weighted by Gasteiger charge is -2.30. The Bertz CT molecular complexity index is 351. The highest BCUT2D eigenvalue weighted by molar-refractivity contribution is 5.68. The topological polar surface area (TPSA) is 56.8 Å². The molecule has 6 heteroatoms. The van der Waals surface area contributed by atoms with E-state index in [0.717, 1.165) is 45.1 Å². The van der Waals surface area contributed by atoms with Gasteiger partial charge in [0, 0.05) is 6.61 Å². The second kappa shape index (κ2) is 10.9. The fraction of sp³-hybridized carbons (Fsp3) is 0.944. The molecule has 0 aromatic heterocycles. The number of rotatable bonds is 9. The number of alkyl halides is 1. The first-order valence-electron chi connectivity index (χ1n) is 9.12. The van der Waals surface area contributed by atoms with Crippen molar-refractivity contribution >= 4 is 6.09 Å². The van der Waals surface area contributed by atoms with Crippen molar-refractivity contribution in [1.82, 2.24) is 5.32 Å². The minimum Gasteiger partial charge on any atom is -0.444 e. The van der Waals surface area contributed by atoms with Crippen LogP contribution in [0.2, 0.25) is 0 Å². The van der Waals surface area contributed by atoms with Crippen LogP contribution >= 0.6 is 0 Å². The number of carbonyl (C=O) groups excluding carboxylic acids is 1. The van der Waals surface area contributed by atoms with Crippen LogP contribution < -0.4 is 5.32 Å². The lowest BCUT2D eigenvalue weighted by Crippen LogP contribution is -2.43.